The van der Waals surface area contributed by atoms with Crippen LogP contribution in [0.2, 0.25) is 0 Å². The van der Waals surface area contributed by atoms with E-state index in [-0.39, 0.29) is 18.5 Å². The largest absolute Gasteiger partial charge is 0.355 e. The zero-order valence-corrected chi connectivity index (χ0v) is 11.5. The van der Waals surface area contributed by atoms with Crippen LogP contribution in [0, 0.1) is 0 Å². The van der Waals surface area contributed by atoms with Crippen LogP contribution in [0.4, 0.5) is 0 Å². The fourth-order valence-electron chi connectivity index (χ4n) is 2.08. The quantitative estimate of drug-likeness (QED) is 0.842. The molecule has 1 atom stereocenters. The Balaban J connectivity index is 2.15. The molecule has 1 amide bonds. The van der Waals surface area contributed by atoms with Crippen molar-refractivity contribution in [2.45, 2.75) is 13.0 Å². The van der Waals surface area contributed by atoms with E-state index < -0.39 is 0 Å². The van der Waals surface area contributed by atoms with Crippen LogP contribution in [0.1, 0.15) is 24.1 Å². The molecule has 1 unspecified atom stereocenters. The van der Waals surface area contributed by atoms with Crippen molar-refractivity contribution in [2.75, 3.05) is 13.1 Å². The van der Waals surface area contributed by atoms with Gasteiger partial charge in [-0.3, -0.25) is 15.1 Å². The van der Waals surface area contributed by atoms with Crippen molar-refractivity contribution in [3.8, 4) is 0 Å². The molecule has 4 nitrogen and oxygen atoms in total. The molecule has 2 aromatic rings. The summed E-state index contributed by atoms with van der Waals surface area (Å²) >= 11 is 0. The van der Waals surface area contributed by atoms with Crippen LogP contribution >= 0.6 is 0 Å². The summed E-state index contributed by atoms with van der Waals surface area (Å²) in [5, 5.41) is 6.09. The maximum Gasteiger partial charge on any atom is 0.233 e. The van der Waals surface area contributed by atoms with Gasteiger partial charge in [0.2, 0.25) is 5.91 Å². The van der Waals surface area contributed by atoms with Crippen LogP contribution in [0.3, 0.4) is 0 Å². The number of carbonyl (C=O) groups is 1. The van der Waals surface area contributed by atoms with E-state index in [4.69, 9.17) is 0 Å². The molecule has 20 heavy (non-hydrogen) atoms. The second-order valence-electron chi connectivity index (χ2n) is 4.46. The Morgan fingerprint density at radius 2 is 1.75 bits per heavy atom. The van der Waals surface area contributed by atoms with E-state index in [1.54, 1.807) is 12.4 Å². The number of amides is 1. The molecule has 0 aliphatic heterocycles. The zero-order valence-electron chi connectivity index (χ0n) is 11.5. The van der Waals surface area contributed by atoms with Crippen LogP contribution in [0.25, 0.3) is 0 Å². The number of benzene rings is 1. The topological polar surface area (TPSA) is 54.0 Å². The Labute approximate surface area is 119 Å². The van der Waals surface area contributed by atoms with Crippen LogP contribution in [-0.2, 0) is 4.79 Å². The lowest BCUT2D eigenvalue weighted by Gasteiger charge is -2.19. The number of aromatic nitrogens is 1. The molecule has 0 aliphatic carbocycles. The molecule has 104 valence electrons. The predicted molar refractivity (Wildman–Crippen MR) is 79.2 cm³/mol. The van der Waals surface area contributed by atoms with Gasteiger partial charge < -0.3 is 5.32 Å². The van der Waals surface area contributed by atoms with Crippen molar-refractivity contribution in [2.24, 2.45) is 0 Å². The number of hydrogen-bond acceptors (Lipinski definition) is 3. The molecule has 1 aromatic carbocycles. The van der Waals surface area contributed by atoms with Crippen molar-refractivity contribution in [1.29, 1.82) is 0 Å². The zero-order chi connectivity index (χ0) is 14.2. The second-order valence-corrected chi connectivity index (χ2v) is 4.46. The molecule has 0 saturated heterocycles. The molecular formula is C16H19N3O. The van der Waals surface area contributed by atoms with Crippen LogP contribution in [0.5, 0.6) is 0 Å². The molecule has 0 spiro atoms. The van der Waals surface area contributed by atoms with Gasteiger partial charge in [-0.05, 0) is 30.2 Å². The summed E-state index contributed by atoms with van der Waals surface area (Å²) < 4.78 is 0. The summed E-state index contributed by atoms with van der Waals surface area (Å²) in [5.74, 6) is 0.00230. The minimum atomic E-state index is -0.0122. The number of carbonyl (C=O) groups excluding carboxylic acids is 1. The van der Waals surface area contributed by atoms with E-state index in [1.165, 1.54) is 0 Å². The average Bonchev–Trinajstić information content (AvgIpc) is 2.50. The van der Waals surface area contributed by atoms with Gasteiger partial charge in [0.1, 0.15) is 0 Å². The average molecular weight is 269 g/mol. The minimum Gasteiger partial charge on any atom is -0.355 e. The van der Waals surface area contributed by atoms with E-state index >= 15 is 0 Å². The van der Waals surface area contributed by atoms with Crippen molar-refractivity contribution in [1.82, 2.24) is 15.6 Å². The number of pyridine rings is 1. The lowest BCUT2D eigenvalue weighted by Crippen LogP contribution is -2.35. The Morgan fingerprint density at radius 1 is 1.10 bits per heavy atom. The number of rotatable bonds is 6. The van der Waals surface area contributed by atoms with E-state index in [1.807, 2.05) is 37.3 Å². The third kappa shape index (κ3) is 3.90. The van der Waals surface area contributed by atoms with Crippen molar-refractivity contribution in [3.63, 3.8) is 0 Å². The monoisotopic (exact) mass is 269 g/mol. The maximum atomic E-state index is 11.6. The van der Waals surface area contributed by atoms with Gasteiger partial charge in [0.25, 0.3) is 0 Å². The van der Waals surface area contributed by atoms with Gasteiger partial charge in [-0.15, -0.1) is 0 Å². The summed E-state index contributed by atoms with van der Waals surface area (Å²) in [6, 6.07) is 14.0. The van der Waals surface area contributed by atoms with Gasteiger partial charge in [0, 0.05) is 18.9 Å². The van der Waals surface area contributed by atoms with Gasteiger partial charge in [0.05, 0.1) is 12.6 Å². The highest BCUT2D eigenvalue weighted by atomic mass is 16.1. The van der Waals surface area contributed by atoms with Gasteiger partial charge in [-0.2, -0.15) is 0 Å². The first-order valence-corrected chi connectivity index (χ1v) is 6.76. The molecule has 2 rings (SSSR count). The maximum absolute atomic E-state index is 11.6. The molecule has 0 radical (unpaired) electrons. The van der Waals surface area contributed by atoms with Gasteiger partial charge in [-0.1, -0.05) is 30.3 Å². The van der Waals surface area contributed by atoms with Gasteiger partial charge in [-0.25, -0.2) is 0 Å². The molecule has 1 heterocycles. The SMILES string of the molecule is CCNC(=O)CNC(c1ccccc1)c1ccncc1. The third-order valence-electron chi connectivity index (χ3n) is 3.01. The van der Waals surface area contributed by atoms with Crippen LogP contribution in [-0.4, -0.2) is 24.0 Å². The molecule has 1 aromatic heterocycles. The molecular weight excluding hydrogens is 250 g/mol. The summed E-state index contributed by atoms with van der Waals surface area (Å²) in [4.78, 5) is 15.7. The van der Waals surface area contributed by atoms with Crippen molar-refractivity contribution in [3.05, 3.63) is 66.0 Å². The third-order valence-corrected chi connectivity index (χ3v) is 3.01. The first kappa shape index (κ1) is 14.2. The Morgan fingerprint density at radius 3 is 2.40 bits per heavy atom. The van der Waals surface area contributed by atoms with Crippen molar-refractivity contribution < 1.29 is 4.79 Å². The molecule has 0 fully saturated rings. The van der Waals surface area contributed by atoms with Crippen molar-refractivity contribution >= 4 is 5.91 Å². The van der Waals surface area contributed by atoms with Gasteiger partial charge >= 0.3 is 0 Å². The number of hydrogen-bond donors (Lipinski definition) is 2. The van der Waals surface area contributed by atoms with E-state index in [2.05, 4.69) is 27.8 Å². The van der Waals surface area contributed by atoms with E-state index in [0.717, 1.165) is 11.1 Å². The van der Waals surface area contributed by atoms with Crippen LogP contribution < -0.4 is 10.6 Å². The summed E-state index contributed by atoms with van der Waals surface area (Å²) in [6.07, 6.45) is 3.53. The fraction of sp³-hybridized carbons (Fsp3) is 0.250. The predicted octanol–water partition coefficient (Wildman–Crippen LogP) is 1.90. The lowest BCUT2D eigenvalue weighted by atomic mass is 10.00. The highest BCUT2D eigenvalue weighted by Gasteiger charge is 2.14. The highest BCUT2D eigenvalue weighted by Crippen LogP contribution is 2.20. The first-order valence-electron chi connectivity index (χ1n) is 6.76. The minimum absolute atomic E-state index is 0.00230. The van der Waals surface area contributed by atoms with E-state index in [0.29, 0.717) is 6.54 Å². The second kappa shape index (κ2) is 7.40. The molecule has 4 heteroatoms. The Bertz CT molecular complexity index is 488. The molecule has 2 N–H and O–H groups in total. The number of nitrogens with zero attached hydrogens (tertiary/aromatic N) is 1. The molecule has 0 bridgehead atoms. The number of likely N-dealkylation sites (N-methyl/N-ethyl adjacent to an activating group) is 1. The lowest BCUT2D eigenvalue weighted by molar-refractivity contribution is -0.120. The summed E-state index contributed by atoms with van der Waals surface area (Å²) in [6.45, 7) is 2.84. The summed E-state index contributed by atoms with van der Waals surface area (Å²) in [5.41, 5.74) is 2.22. The van der Waals surface area contributed by atoms with E-state index in [9.17, 15) is 4.79 Å². The Hall–Kier alpha value is -2.20. The fourth-order valence-corrected chi connectivity index (χ4v) is 2.08. The Kier molecular flexibility index (Phi) is 5.26. The normalized spacial score (nSPS) is 11.8. The molecule has 0 aliphatic rings. The van der Waals surface area contributed by atoms with Gasteiger partial charge in [0.15, 0.2) is 0 Å². The smallest absolute Gasteiger partial charge is 0.233 e. The standard InChI is InChI=1S/C16H19N3O/c1-2-18-15(20)12-19-16(13-6-4-3-5-7-13)14-8-10-17-11-9-14/h3-11,16,19H,2,12H2,1H3,(H,18,20). The van der Waals surface area contributed by atoms with Crippen LogP contribution in [0.15, 0.2) is 54.9 Å². The first-order chi connectivity index (χ1) is 9.81. The highest BCUT2D eigenvalue weighted by molar-refractivity contribution is 5.78. The summed E-state index contributed by atoms with van der Waals surface area (Å²) in [7, 11) is 0. The number of nitrogens with one attached hydrogen (secondary N) is 2. The molecule has 0 saturated carbocycles.